The van der Waals surface area contributed by atoms with Crippen LogP contribution < -0.4 is 20.7 Å². The second-order valence-electron chi connectivity index (χ2n) is 7.26. The number of carbonyl (C=O) groups is 2. The van der Waals surface area contributed by atoms with Gasteiger partial charge >= 0.3 is 0 Å². The van der Waals surface area contributed by atoms with Crippen LogP contribution >= 0.6 is 11.6 Å². The summed E-state index contributed by atoms with van der Waals surface area (Å²) in [6.45, 7) is 1.72. The maximum Gasteiger partial charge on any atom is 0.255 e. The van der Waals surface area contributed by atoms with E-state index in [1.807, 2.05) is 31.2 Å². The molecule has 2 amide bonds. The van der Waals surface area contributed by atoms with Gasteiger partial charge in [0.15, 0.2) is 0 Å². The number of hydrogen-bond donors (Lipinski definition) is 4. The molecular formula is C23H28ClFN4O3. The molecule has 0 saturated carbocycles. The van der Waals surface area contributed by atoms with Gasteiger partial charge in [-0.05, 0) is 43.5 Å². The first-order chi connectivity index (χ1) is 15.3. The van der Waals surface area contributed by atoms with Crippen LogP contribution in [-0.4, -0.2) is 44.0 Å². The van der Waals surface area contributed by atoms with E-state index in [9.17, 15) is 14.0 Å². The average molecular weight is 463 g/mol. The number of amides is 2. The molecule has 0 radical (unpaired) electrons. The molecule has 2 rings (SSSR count). The van der Waals surface area contributed by atoms with Crippen molar-refractivity contribution in [2.24, 2.45) is 0 Å². The number of methoxy groups -OCH3 is 1. The van der Waals surface area contributed by atoms with Crippen molar-refractivity contribution in [1.29, 1.82) is 5.41 Å². The highest BCUT2D eigenvalue weighted by Gasteiger charge is 2.23. The second kappa shape index (κ2) is 12.7. The van der Waals surface area contributed by atoms with E-state index in [4.69, 9.17) is 21.7 Å². The number of amidine groups is 1. The summed E-state index contributed by atoms with van der Waals surface area (Å²) >= 11 is 6.02. The summed E-state index contributed by atoms with van der Waals surface area (Å²) in [4.78, 5) is 25.7. The van der Waals surface area contributed by atoms with Gasteiger partial charge in [0.1, 0.15) is 24.3 Å². The van der Waals surface area contributed by atoms with E-state index in [-0.39, 0.29) is 17.3 Å². The van der Waals surface area contributed by atoms with Gasteiger partial charge in [0.05, 0.1) is 12.7 Å². The van der Waals surface area contributed by atoms with Crippen LogP contribution in [0.3, 0.4) is 0 Å². The normalized spacial score (nSPS) is 11.4. The quantitative estimate of drug-likeness (QED) is 0.233. The Hall–Kier alpha value is -3.13. The Morgan fingerprint density at radius 2 is 1.88 bits per heavy atom. The highest BCUT2D eigenvalue weighted by Crippen LogP contribution is 2.22. The Balaban J connectivity index is 2.07. The summed E-state index contributed by atoms with van der Waals surface area (Å²) in [5.74, 6) is -0.730. The first kappa shape index (κ1) is 25.1. The lowest BCUT2D eigenvalue weighted by atomic mass is 10.1. The predicted octanol–water partition coefficient (Wildman–Crippen LogP) is 3.39. The van der Waals surface area contributed by atoms with Crippen LogP contribution in [0.2, 0.25) is 5.02 Å². The Bertz CT molecular complexity index is 937. The molecule has 0 aliphatic carbocycles. The summed E-state index contributed by atoms with van der Waals surface area (Å²) in [5, 5.41) is 15.9. The standard InChI is InChI=1S/C23H28ClFN4O3/c1-15-5-7-16(8-6-15)14-28-23(31)19(4-3-11-27-21(26)13-25)29-22(30)18-12-17(24)9-10-20(18)32-2/h5-10,12,19H,3-4,11,13-14H2,1-2H3,(H2,26,27)(H,28,31)(H,29,30). The molecule has 1 unspecified atom stereocenters. The van der Waals surface area contributed by atoms with Crippen LogP contribution in [0.25, 0.3) is 0 Å². The van der Waals surface area contributed by atoms with Gasteiger partial charge in [-0.3, -0.25) is 15.0 Å². The molecule has 2 aromatic carbocycles. The second-order valence-corrected chi connectivity index (χ2v) is 7.69. The Morgan fingerprint density at radius 3 is 2.53 bits per heavy atom. The summed E-state index contributed by atoms with van der Waals surface area (Å²) in [6.07, 6.45) is 0.735. The fourth-order valence-electron chi connectivity index (χ4n) is 2.97. The van der Waals surface area contributed by atoms with Crippen LogP contribution in [0, 0.1) is 12.3 Å². The largest absolute Gasteiger partial charge is 0.496 e. The third kappa shape index (κ3) is 7.85. The summed E-state index contributed by atoms with van der Waals surface area (Å²) in [6, 6.07) is 11.6. The van der Waals surface area contributed by atoms with Crippen LogP contribution in [0.15, 0.2) is 42.5 Å². The first-order valence-corrected chi connectivity index (χ1v) is 10.6. The van der Waals surface area contributed by atoms with Gasteiger partial charge in [-0.15, -0.1) is 0 Å². The van der Waals surface area contributed by atoms with Crippen molar-refractivity contribution in [1.82, 2.24) is 16.0 Å². The van der Waals surface area contributed by atoms with Gasteiger partial charge in [0.2, 0.25) is 5.91 Å². The number of alkyl halides is 1. The van der Waals surface area contributed by atoms with Gasteiger partial charge < -0.3 is 20.7 Å². The lowest BCUT2D eigenvalue weighted by molar-refractivity contribution is -0.123. The number of ether oxygens (including phenoxy) is 1. The molecule has 4 N–H and O–H groups in total. The van der Waals surface area contributed by atoms with Gasteiger partial charge in [-0.25, -0.2) is 4.39 Å². The van der Waals surface area contributed by atoms with E-state index in [1.165, 1.54) is 13.2 Å². The van der Waals surface area contributed by atoms with Crippen LogP contribution in [0.5, 0.6) is 5.75 Å². The zero-order chi connectivity index (χ0) is 23.5. The third-order valence-corrected chi connectivity index (χ3v) is 4.99. The molecule has 0 spiro atoms. The molecule has 9 heteroatoms. The molecule has 0 aliphatic rings. The van der Waals surface area contributed by atoms with Gasteiger partial charge in [0.25, 0.3) is 5.91 Å². The van der Waals surface area contributed by atoms with Crippen LogP contribution in [0.4, 0.5) is 4.39 Å². The molecule has 2 aromatic rings. The van der Waals surface area contributed by atoms with Gasteiger partial charge in [0, 0.05) is 18.1 Å². The minimum atomic E-state index is -0.883. The average Bonchev–Trinajstić information content (AvgIpc) is 2.80. The number of benzene rings is 2. The number of carbonyl (C=O) groups excluding carboxylic acids is 2. The maximum atomic E-state index is 12.9. The Morgan fingerprint density at radius 1 is 1.16 bits per heavy atom. The van der Waals surface area contributed by atoms with E-state index >= 15 is 0 Å². The van der Waals surface area contributed by atoms with E-state index in [2.05, 4.69) is 16.0 Å². The summed E-state index contributed by atoms with van der Waals surface area (Å²) in [7, 11) is 1.44. The molecule has 32 heavy (non-hydrogen) atoms. The predicted molar refractivity (Wildman–Crippen MR) is 123 cm³/mol. The van der Waals surface area contributed by atoms with Crippen molar-refractivity contribution in [2.45, 2.75) is 32.4 Å². The highest BCUT2D eigenvalue weighted by molar-refractivity contribution is 6.31. The molecule has 0 fully saturated rings. The molecule has 0 bridgehead atoms. The van der Waals surface area contributed by atoms with E-state index < -0.39 is 18.6 Å². The van der Waals surface area contributed by atoms with Crippen molar-refractivity contribution in [2.75, 3.05) is 20.3 Å². The molecule has 0 aromatic heterocycles. The fourth-order valence-corrected chi connectivity index (χ4v) is 3.15. The summed E-state index contributed by atoms with van der Waals surface area (Å²) in [5.41, 5.74) is 2.27. The third-order valence-electron chi connectivity index (χ3n) is 4.76. The fraction of sp³-hybridized carbons (Fsp3) is 0.348. The van der Waals surface area contributed by atoms with Crippen LogP contribution in [0.1, 0.15) is 34.3 Å². The minimum Gasteiger partial charge on any atom is -0.496 e. The Kier molecular flexibility index (Phi) is 9.94. The minimum absolute atomic E-state index is 0.216. The monoisotopic (exact) mass is 462 g/mol. The van der Waals surface area contributed by atoms with Crippen molar-refractivity contribution >= 4 is 29.3 Å². The molecule has 0 aliphatic heterocycles. The van der Waals surface area contributed by atoms with E-state index in [1.54, 1.807) is 12.1 Å². The first-order valence-electron chi connectivity index (χ1n) is 10.2. The van der Waals surface area contributed by atoms with Crippen molar-refractivity contribution in [3.8, 4) is 5.75 Å². The SMILES string of the molecule is COc1ccc(Cl)cc1C(=O)NC(CCCNC(=N)CF)C(=O)NCc1ccc(C)cc1. The molecular weight excluding hydrogens is 435 g/mol. The highest BCUT2D eigenvalue weighted by atomic mass is 35.5. The van der Waals surface area contributed by atoms with E-state index in [0.29, 0.717) is 36.7 Å². The van der Waals surface area contributed by atoms with Crippen molar-refractivity contribution in [3.05, 3.63) is 64.2 Å². The number of aryl methyl sites for hydroxylation is 1. The molecule has 1 atom stereocenters. The molecule has 7 nitrogen and oxygen atoms in total. The Labute approximate surface area is 192 Å². The van der Waals surface area contributed by atoms with Crippen LogP contribution in [-0.2, 0) is 11.3 Å². The zero-order valence-electron chi connectivity index (χ0n) is 18.1. The zero-order valence-corrected chi connectivity index (χ0v) is 18.9. The lowest BCUT2D eigenvalue weighted by Gasteiger charge is -2.20. The number of halogens is 2. The van der Waals surface area contributed by atoms with Gasteiger partial charge in [-0.2, -0.15) is 0 Å². The molecule has 172 valence electrons. The molecule has 0 heterocycles. The lowest BCUT2D eigenvalue weighted by Crippen LogP contribution is -2.47. The number of hydrogen-bond acceptors (Lipinski definition) is 4. The number of nitrogens with one attached hydrogen (secondary N) is 4. The summed E-state index contributed by atoms with van der Waals surface area (Å²) < 4.78 is 17.6. The smallest absolute Gasteiger partial charge is 0.255 e. The van der Waals surface area contributed by atoms with E-state index in [0.717, 1.165) is 11.1 Å². The maximum absolute atomic E-state index is 12.9. The van der Waals surface area contributed by atoms with Crippen molar-refractivity contribution in [3.63, 3.8) is 0 Å². The van der Waals surface area contributed by atoms with Gasteiger partial charge in [-0.1, -0.05) is 41.4 Å². The topological polar surface area (TPSA) is 103 Å². The molecule has 0 saturated heterocycles. The number of rotatable bonds is 11. The van der Waals surface area contributed by atoms with Crippen molar-refractivity contribution < 1.29 is 18.7 Å².